The quantitative estimate of drug-likeness (QED) is 0.133. The van der Waals surface area contributed by atoms with Crippen LogP contribution in [0.25, 0.3) is 0 Å². The molecule has 0 N–H and O–H groups in total. The molecule has 0 bridgehead atoms. The average molecular weight is 1120 g/mol. The molecule has 0 saturated heterocycles. The van der Waals surface area contributed by atoms with E-state index in [2.05, 4.69) is 237 Å². The van der Waals surface area contributed by atoms with Crippen molar-refractivity contribution in [3.63, 3.8) is 0 Å². The molecule has 0 spiro atoms. The number of fused-ring (bicyclic) bond motifs is 2. The summed E-state index contributed by atoms with van der Waals surface area (Å²) in [6.45, 7) is 18.0. The van der Waals surface area contributed by atoms with Crippen LogP contribution in [0, 0.1) is 35.8 Å². The summed E-state index contributed by atoms with van der Waals surface area (Å²) in [4.78, 5) is 0. The number of halogens is 2. The minimum atomic E-state index is 0. The minimum Gasteiger partial charge on any atom is -0.210 e. The van der Waals surface area contributed by atoms with Crippen LogP contribution in [0.15, 0.2) is 192 Å². The van der Waals surface area contributed by atoms with Crippen LogP contribution in [-0.2, 0) is 74.2 Å². The van der Waals surface area contributed by atoms with Gasteiger partial charge < -0.3 is 24.8 Å². The monoisotopic (exact) mass is 1120 g/mol. The molecule has 4 heteroatoms. The molecule has 0 unspecified atom stereocenters. The number of allylic oxidation sites excluding steroid dienone is 8. The molecule has 0 radical (unpaired) electrons. The summed E-state index contributed by atoms with van der Waals surface area (Å²) in [5.41, 5.74) is 17.6. The van der Waals surface area contributed by atoms with Crippen LogP contribution < -0.4 is 24.8 Å². The first-order chi connectivity index (χ1) is 32.9. The molecule has 6 aromatic rings. The van der Waals surface area contributed by atoms with Crippen LogP contribution >= 0.6 is 0 Å². The van der Waals surface area contributed by atoms with Gasteiger partial charge in [-0.05, 0) is 0 Å². The molecule has 0 atom stereocenters. The Labute approximate surface area is 467 Å². The van der Waals surface area contributed by atoms with E-state index < -0.39 is 0 Å². The maximum absolute atomic E-state index is 3.41. The van der Waals surface area contributed by atoms with Gasteiger partial charge in [-0.2, -0.15) is 69.8 Å². The Hall–Kier alpha value is -3.37. The van der Waals surface area contributed by atoms with E-state index in [4.69, 9.17) is 0 Å². The first kappa shape index (κ1) is 60.9. The molecule has 70 heavy (non-hydrogen) atoms. The molecule has 0 fully saturated rings. The zero-order chi connectivity index (χ0) is 48.7. The van der Waals surface area contributed by atoms with Crippen LogP contribution in [0.3, 0.4) is 0 Å². The fourth-order valence-corrected chi connectivity index (χ4v) is 10.8. The summed E-state index contributed by atoms with van der Waals surface area (Å²) in [6.07, 6.45) is 24.4. The fourth-order valence-electron chi connectivity index (χ4n) is 9.11. The molecule has 0 amide bonds. The van der Waals surface area contributed by atoms with Crippen LogP contribution in [0.2, 0.25) is 0 Å². The van der Waals surface area contributed by atoms with E-state index in [1.54, 1.807) is 22.3 Å². The zero-order valence-corrected chi connectivity index (χ0v) is 49.7. The summed E-state index contributed by atoms with van der Waals surface area (Å²) >= 11 is 2.92. The average Bonchev–Trinajstić information content (AvgIpc) is 4.24. The maximum atomic E-state index is 3.41. The van der Waals surface area contributed by atoms with Crippen LogP contribution in [0.1, 0.15) is 138 Å². The van der Waals surface area contributed by atoms with Gasteiger partial charge in [-0.1, -0.05) is 130 Å². The Morgan fingerprint density at radius 3 is 0.929 bits per heavy atom. The van der Waals surface area contributed by atoms with Crippen molar-refractivity contribution < 1.29 is 73.3 Å². The van der Waals surface area contributed by atoms with Crippen molar-refractivity contribution in [2.45, 2.75) is 120 Å². The van der Waals surface area contributed by atoms with Gasteiger partial charge >= 0.3 is 198 Å². The van der Waals surface area contributed by atoms with Crippen LogP contribution in [0.5, 0.6) is 0 Å². The van der Waals surface area contributed by atoms with Gasteiger partial charge in [0, 0.05) is 0 Å². The van der Waals surface area contributed by atoms with E-state index in [0.717, 1.165) is 12.8 Å². The summed E-state index contributed by atoms with van der Waals surface area (Å²) in [5.74, 6) is 2.63. The third kappa shape index (κ3) is 19.9. The second-order valence-electron chi connectivity index (χ2n) is 19.3. The summed E-state index contributed by atoms with van der Waals surface area (Å²) < 4.78 is 2.83. The second-order valence-corrected chi connectivity index (χ2v) is 21.8. The third-order valence-electron chi connectivity index (χ3n) is 12.8. The van der Waals surface area contributed by atoms with Gasteiger partial charge in [0.15, 0.2) is 0 Å². The molecule has 6 aromatic carbocycles. The standard InChI is InChI=1S/2C13H10.2C11H17.2C9H11.2ClH.2Zr/c2*1-3-7-12(8-4-1)11-13-9-5-2-6-10-13;2*1-8(2)10-6-5-7-11(10)9(3)4;2*1-2-5-9-7-3-6-8(9)4-1;;;;/h2*1-10H;2*6,8-9H,5H2,1-4H3;2*3,6-7H,1-2,4-5H2;2*1H;;/q;;4*-1;;;2*+2/p-2. The molecule has 0 saturated carbocycles. The van der Waals surface area contributed by atoms with Crippen LogP contribution in [-0.4, -0.2) is 6.41 Å². The number of rotatable bonds is 8. The normalized spacial score (nSPS) is 13.9. The van der Waals surface area contributed by atoms with Gasteiger partial charge in [-0.3, -0.25) is 12.2 Å². The molecular formula is C66H76Cl2Zr2-2. The Kier molecular flexibility index (Phi) is 29.0. The van der Waals surface area contributed by atoms with Gasteiger partial charge in [0.05, 0.1) is 0 Å². The summed E-state index contributed by atoms with van der Waals surface area (Å²) in [5, 5.41) is 0. The van der Waals surface area contributed by atoms with Gasteiger partial charge in [-0.15, -0.1) is 12.8 Å². The Morgan fingerprint density at radius 1 is 0.400 bits per heavy atom. The topological polar surface area (TPSA) is 0 Å². The SMILES string of the molecule is CC(C)C1=[C-]CC=C1C(C)C.CC(C)C1=[C-]CC=C1C(C)C.[Cl-].[Cl-].[Zr+2]=[C](c1ccccc1)c1ccccc1.[Zr+2]=[C](c1ccccc1)c1ccccc1.c1cc2c([cH-]1)CCCC2.c1cc2c([cH-]1)CCCC2. The van der Waals surface area contributed by atoms with Crippen LogP contribution in [0.4, 0.5) is 0 Å². The number of benzene rings is 4. The van der Waals surface area contributed by atoms with Crippen molar-refractivity contribution in [1.29, 1.82) is 0 Å². The summed E-state index contributed by atoms with van der Waals surface area (Å²) in [6, 6.07) is 55.6. The zero-order valence-electron chi connectivity index (χ0n) is 43.3. The minimum absolute atomic E-state index is 0. The molecule has 4 aliphatic rings. The van der Waals surface area contributed by atoms with Crippen molar-refractivity contribution in [3.05, 3.63) is 249 Å². The predicted octanol–water partition coefficient (Wildman–Crippen LogP) is 10.9. The summed E-state index contributed by atoms with van der Waals surface area (Å²) in [7, 11) is 0. The fraction of sp³-hybridized carbons (Fsp3) is 0.333. The number of hydrogen-bond donors (Lipinski definition) is 0. The molecule has 364 valence electrons. The molecule has 0 aliphatic heterocycles. The van der Waals surface area contributed by atoms with Crippen molar-refractivity contribution in [2.24, 2.45) is 23.7 Å². The molecule has 0 heterocycles. The molecule has 0 aromatic heterocycles. The molecule has 0 nitrogen and oxygen atoms in total. The molecular weight excluding hydrogens is 1050 g/mol. The first-order valence-corrected chi connectivity index (χ1v) is 27.9. The first-order valence-electron chi connectivity index (χ1n) is 25.4. The Morgan fingerprint density at radius 2 is 0.686 bits per heavy atom. The van der Waals surface area contributed by atoms with Crippen molar-refractivity contribution >= 4 is 6.41 Å². The largest absolute Gasteiger partial charge is 0.210 e. The second kappa shape index (κ2) is 33.4. The van der Waals surface area contributed by atoms with Crippen molar-refractivity contribution in [1.82, 2.24) is 0 Å². The van der Waals surface area contributed by atoms with E-state index in [0.29, 0.717) is 23.7 Å². The van der Waals surface area contributed by atoms with E-state index in [1.165, 1.54) is 151 Å². The van der Waals surface area contributed by atoms with Gasteiger partial charge in [0.25, 0.3) is 0 Å². The number of aryl methyl sites for hydroxylation is 4. The predicted molar refractivity (Wildman–Crippen MR) is 288 cm³/mol. The smallest absolute Gasteiger partial charge is 0.0512 e. The van der Waals surface area contributed by atoms with Crippen molar-refractivity contribution in [3.8, 4) is 0 Å². The number of hydrogen-bond acceptors (Lipinski definition) is 0. The molecule has 4 aliphatic carbocycles. The van der Waals surface area contributed by atoms with E-state index in [1.807, 2.05) is 0 Å². The Bertz CT molecular complexity index is 2180. The van der Waals surface area contributed by atoms with Gasteiger partial charge in [-0.25, -0.2) is 23.3 Å². The third-order valence-corrected chi connectivity index (χ3v) is 15.6. The Balaban J connectivity index is 0.000000223. The van der Waals surface area contributed by atoms with E-state index in [9.17, 15) is 0 Å². The molecule has 10 rings (SSSR count). The van der Waals surface area contributed by atoms with Crippen molar-refractivity contribution in [2.75, 3.05) is 0 Å². The van der Waals surface area contributed by atoms with Gasteiger partial charge in [0.2, 0.25) is 0 Å². The van der Waals surface area contributed by atoms with E-state index >= 15 is 0 Å². The van der Waals surface area contributed by atoms with E-state index in [-0.39, 0.29) is 24.8 Å². The van der Waals surface area contributed by atoms with Gasteiger partial charge in [0.1, 0.15) is 0 Å². The maximum Gasteiger partial charge on any atom is -0.0512 e.